The van der Waals surface area contributed by atoms with Gasteiger partial charge >= 0.3 is 0 Å². The number of para-hydroxylation sites is 1. The lowest BCUT2D eigenvalue weighted by Gasteiger charge is -2.33. The molecule has 5 nitrogen and oxygen atoms in total. The van der Waals surface area contributed by atoms with E-state index in [4.69, 9.17) is 10.5 Å². The molecule has 1 heterocycles. The van der Waals surface area contributed by atoms with E-state index in [1.165, 1.54) is 0 Å². The summed E-state index contributed by atoms with van der Waals surface area (Å²) in [5.74, 6) is 1.32. The predicted molar refractivity (Wildman–Crippen MR) is 83.1 cm³/mol. The summed E-state index contributed by atoms with van der Waals surface area (Å²) in [5, 5.41) is 0. The molecule has 0 spiro atoms. The van der Waals surface area contributed by atoms with Crippen molar-refractivity contribution >= 4 is 17.0 Å². The Kier molecular flexibility index (Phi) is 3.90. The third-order valence-electron chi connectivity index (χ3n) is 3.83. The number of benzene rings is 1. The van der Waals surface area contributed by atoms with Crippen LogP contribution in [0.15, 0.2) is 18.2 Å². The molecular weight excluding hydrogens is 252 g/mol. The van der Waals surface area contributed by atoms with Crippen LogP contribution in [-0.4, -0.2) is 40.7 Å². The van der Waals surface area contributed by atoms with Crippen molar-refractivity contribution in [1.82, 2.24) is 14.5 Å². The second kappa shape index (κ2) is 5.32. The van der Waals surface area contributed by atoms with Gasteiger partial charge in [0.25, 0.3) is 0 Å². The van der Waals surface area contributed by atoms with Crippen LogP contribution in [0.5, 0.6) is 5.75 Å². The molecule has 2 N–H and O–H groups in total. The van der Waals surface area contributed by atoms with E-state index in [9.17, 15) is 0 Å². The molecule has 0 radical (unpaired) electrons. The van der Waals surface area contributed by atoms with E-state index in [1.54, 1.807) is 0 Å². The van der Waals surface area contributed by atoms with Crippen LogP contribution in [0.4, 0.5) is 5.95 Å². The SMILES string of the molecule is CCOc1cccc2c1nc(N)n2CC(C)(C)N(C)C. The predicted octanol–water partition coefficient (Wildman–Crippen LogP) is 2.36. The Morgan fingerprint density at radius 2 is 2.05 bits per heavy atom. The van der Waals surface area contributed by atoms with Crippen LogP contribution in [0.1, 0.15) is 20.8 Å². The van der Waals surface area contributed by atoms with Gasteiger partial charge in [-0.2, -0.15) is 0 Å². The van der Waals surface area contributed by atoms with Crippen LogP contribution in [-0.2, 0) is 6.54 Å². The molecule has 0 amide bonds. The summed E-state index contributed by atoms with van der Waals surface area (Å²) in [5.41, 5.74) is 7.94. The van der Waals surface area contributed by atoms with Crippen molar-refractivity contribution in [2.24, 2.45) is 0 Å². The maximum absolute atomic E-state index is 6.10. The molecule has 0 atom stereocenters. The summed E-state index contributed by atoms with van der Waals surface area (Å²) >= 11 is 0. The Bertz CT molecular complexity index is 601. The van der Waals surface area contributed by atoms with Gasteiger partial charge in [0.05, 0.1) is 12.1 Å². The van der Waals surface area contributed by atoms with Crippen molar-refractivity contribution in [3.63, 3.8) is 0 Å². The van der Waals surface area contributed by atoms with Crippen LogP contribution in [0.25, 0.3) is 11.0 Å². The maximum Gasteiger partial charge on any atom is 0.201 e. The van der Waals surface area contributed by atoms with E-state index < -0.39 is 0 Å². The number of fused-ring (bicyclic) bond motifs is 1. The highest BCUT2D eigenvalue weighted by Gasteiger charge is 2.24. The van der Waals surface area contributed by atoms with Crippen LogP contribution >= 0.6 is 0 Å². The molecule has 2 aromatic rings. The fraction of sp³-hybridized carbons (Fsp3) is 0.533. The fourth-order valence-electron chi connectivity index (χ4n) is 2.11. The minimum absolute atomic E-state index is 0.0105. The van der Waals surface area contributed by atoms with Crippen LogP contribution in [0, 0.1) is 0 Å². The number of hydrogen-bond acceptors (Lipinski definition) is 4. The molecule has 0 bridgehead atoms. The van der Waals surface area contributed by atoms with E-state index in [1.807, 2.05) is 25.1 Å². The molecule has 1 aromatic heterocycles. The minimum Gasteiger partial charge on any atom is -0.492 e. The van der Waals surface area contributed by atoms with Crippen molar-refractivity contribution in [1.29, 1.82) is 0 Å². The molecule has 0 unspecified atom stereocenters. The van der Waals surface area contributed by atoms with E-state index >= 15 is 0 Å². The quantitative estimate of drug-likeness (QED) is 0.911. The number of likely N-dealkylation sites (N-methyl/N-ethyl adjacent to an activating group) is 1. The van der Waals surface area contributed by atoms with Crippen LogP contribution in [0.3, 0.4) is 0 Å². The number of nitrogens with zero attached hydrogens (tertiary/aromatic N) is 3. The average Bonchev–Trinajstić information content (AvgIpc) is 2.67. The maximum atomic E-state index is 6.10. The number of ether oxygens (including phenoxy) is 1. The molecule has 20 heavy (non-hydrogen) atoms. The molecule has 0 saturated carbocycles. The summed E-state index contributed by atoms with van der Waals surface area (Å²) in [6, 6.07) is 5.94. The molecule has 0 aliphatic heterocycles. The number of anilines is 1. The number of nitrogen functional groups attached to an aromatic ring is 1. The molecule has 1 aromatic carbocycles. The van der Waals surface area contributed by atoms with Crippen molar-refractivity contribution in [3.05, 3.63) is 18.2 Å². The van der Waals surface area contributed by atoms with Gasteiger partial charge in [0.15, 0.2) is 0 Å². The first-order chi connectivity index (χ1) is 9.36. The van der Waals surface area contributed by atoms with E-state index in [0.717, 1.165) is 23.3 Å². The lowest BCUT2D eigenvalue weighted by atomic mass is 10.0. The molecule has 5 heteroatoms. The summed E-state index contributed by atoms with van der Waals surface area (Å²) in [6.45, 7) is 7.73. The molecule has 110 valence electrons. The zero-order chi connectivity index (χ0) is 14.9. The van der Waals surface area contributed by atoms with Crippen LogP contribution in [0.2, 0.25) is 0 Å². The lowest BCUT2D eigenvalue weighted by molar-refractivity contribution is 0.172. The topological polar surface area (TPSA) is 56.3 Å². The van der Waals surface area contributed by atoms with Gasteiger partial charge in [0.2, 0.25) is 5.95 Å². The zero-order valence-electron chi connectivity index (χ0n) is 13.0. The molecule has 0 aliphatic carbocycles. The Morgan fingerprint density at radius 1 is 1.35 bits per heavy atom. The molecule has 2 rings (SSSR count). The third kappa shape index (κ3) is 2.58. The smallest absolute Gasteiger partial charge is 0.201 e. The second-order valence-electron chi connectivity index (χ2n) is 5.82. The van der Waals surface area contributed by atoms with Gasteiger partial charge in [-0.1, -0.05) is 6.07 Å². The first-order valence-electron chi connectivity index (χ1n) is 6.91. The Hall–Kier alpha value is -1.75. The lowest BCUT2D eigenvalue weighted by Crippen LogP contribution is -2.42. The monoisotopic (exact) mass is 276 g/mol. The largest absolute Gasteiger partial charge is 0.492 e. The molecule has 0 aliphatic rings. The van der Waals surface area contributed by atoms with Gasteiger partial charge in [-0.25, -0.2) is 4.98 Å². The first-order valence-corrected chi connectivity index (χ1v) is 6.91. The van der Waals surface area contributed by atoms with Crippen molar-refractivity contribution in [3.8, 4) is 5.75 Å². The normalized spacial score (nSPS) is 12.3. The van der Waals surface area contributed by atoms with Gasteiger partial charge in [0.1, 0.15) is 11.3 Å². The number of nitrogens with two attached hydrogens (primary N) is 1. The van der Waals surface area contributed by atoms with Gasteiger partial charge in [-0.3, -0.25) is 0 Å². The summed E-state index contributed by atoms with van der Waals surface area (Å²) in [7, 11) is 4.14. The third-order valence-corrected chi connectivity index (χ3v) is 3.83. The summed E-state index contributed by atoms with van der Waals surface area (Å²) < 4.78 is 7.68. The van der Waals surface area contributed by atoms with E-state index in [-0.39, 0.29) is 5.54 Å². The fourth-order valence-corrected chi connectivity index (χ4v) is 2.11. The Balaban J connectivity index is 2.49. The summed E-state index contributed by atoms with van der Waals surface area (Å²) in [6.07, 6.45) is 0. The Morgan fingerprint density at radius 3 is 2.65 bits per heavy atom. The number of rotatable bonds is 5. The van der Waals surface area contributed by atoms with Crippen molar-refractivity contribution in [2.45, 2.75) is 32.9 Å². The van der Waals surface area contributed by atoms with Crippen molar-refractivity contribution < 1.29 is 4.74 Å². The number of hydrogen-bond donors (Lipinski definition) is 1. The van der Waals surface area contributed by atoms with Gasteiger partial charge in [0, 0.05) is 12.1 Å². The minimum atomic E-state index is -0.0105. The van der Waals surface area contributed by atoms with Gasteiger partial charge < -0.3 is 19.9 Å². The highest BCUT2D eigenvalue weighted by Crippen LogP contribution is 2.28. The number of aromatic nitrogens is 2. The van der Waals surface area contributed by atoms with Gasteiger partial charge in [-0.05, 0) is 47.0 Å². The first kappa shape index (κ1) is 14.7. The highest BCUT2D eigenvalue weighted by atomic mass is 16.5. The standard InChI is InChI=1S/C15H24N4O/c1-6-20-12-9-7-8-11-13(12)17-14(16)19(11)10-15(2,3)18(4)5/h7-9H,6,10H2,1-5H3,(H2,16,17). The van der Waals surface area contributed by atoms with E-state index in [0.29, 0.717) is 12.6 Å². The zero-order valence-corrected chi connectivity index (χ0v) is 13.0. The molecular formula is C15H24N4O. The number of imidazole rings is 1. The van der Waals surface area contributed by atoms with Crippen molar-refractivity contribution in [2.75, 3.05) is 26.4 Å². The van der Waals surface area contributed by atoms with E-state index in [2.05, 4.69) is 42.4 Å². The second-order valence-corrected chi connectivity index (χ2v) is 5.82. The molecule has 0 saturated heterocycles. The summed E-state index contributed by atoms with van der Waals surface area (Å²) in [4.78, 5) is 6.66. The highest BCUT2D eigenvalue weighted by molar-refractivity contribution is 5.84. The van der Waals surface area contributed by atoms with Crippen LogP contribution < -0.4 is 10.5 Å². The average molecular weight is 276 g/mol. The molecule has 0 fully saturated rings. The van der Waals surface area contributed by atoms with Gasteiger partial charge in [-0.15, -0.1) is 0 Å². The Labute approximate surface area is 120 Å².